The van der Waals surface area contributed by atoms with Crippen LogP contribution in [0.1, 0.15) is 34.1 Å². The van der Waals surface area contributed by atoms with Gasteiger partial charge in [0.05, 0.1) is 11.7 Å². The SMILES string of the molecule is CCC(O)C(C)C(C)(C)O.O=C(O)O. The van der Waals surface area contributed by atoms with Gasteiger partial charge in [0.1, 0.15) is 0 Å². The second-order valence-electron chi connectivity index (χ2n) is 3.70. The van der Waals surface area contributed by atoms with Gasteiger partial charge in [0.15, 0.2) is 0 Å². The van der Waals surface area contributed by atoms with Gasteiger partial charge in [-0.05, 0) is 20.3 Å². The number of aliphatic hydroxyl groups is 2. The Morgan fingerprint density at radius 2 is 1.64 bits per heavy atom. The Morgan fingerprint density at radius 3 is 1.71 bits per heavy atom. The molecule has 0 spiro atoms. The predicted molar refractivity (Wildman–Crippen MR) is 52.4 cm³/mol. The van der Waals surface area contributed by atoms with Crippen molar-refractivity contribution in [3.63, 3.8) is 0 Å². The minimum absolute atomic E-state index is 0.0579. The van der Waals surface area contributed by atoms with Crippen LogP contribution < -0.4 is 0 Å². The van der Waals surface area contributed by atoms with Gasteiger partial charge in [0, 0.05) is 5.92 Å². The molecule has 0 aromatic rings. The maximum Gasteiger partial charge on any atom is 0.503 e. The fourth-order valence-electron chi connectivity index (χ4n) is 0.824. The summed E-state index contributed by atoms with van der Waals surface area (Å²) in [4.78, 5) is 8.56. The number of carbonyl (C=O) groups is 1. The van der Waals surface area contributed by atoms with Crippen LogP contribution in [-0.2, 0) is 0 Å². The highest BCUT2D eigenvalue weighted by molar-refractivity contribution is 5.53. The third kappa shape index (κ3) is 9.28. The molecule has 5 heteroatoms. The van der Waals surface area contributed by atoms with Crippen molar-refractivity contribution in [3.05, 3.63) is 0 Å². The van der Waals surface area contributed by atoms with Crippen molar-refractivity contribution < 1.29 is 25.2 Å². The Bertz CT molecular complexity index is 157. The highest BCUT2D eigenvalue weighted by atomic mass is 16.6. The van der Waals surface area contributed by atoms with Gasteiger partial charge >= 0.3 is 6.16 Å². The normalized spacial score (nSPS) is 15.0. The average Bonchev–Trinajstić information content (AvgIpc) is 1.99. The van der Waals surface area contributed by atoms with Gasteiger partial charge in [-0.3, -0.25) is 0 Å². The molecule has 0 rings (SSSR count). The molecule has 0 saturated carbocycles. The molecular formula is C9H20O5. The molecule has 0 bridgehead atoms. The minimum atomic E-state index is -1.83. The molecule has 0 aliphatic carbocycles. The quantitative estimate of drug-likeness (QED) is 0.561. The zero-order valence-electron chi connectivity index (χ0n) is 9.06. The van der Waals surface area contributed by atoms with Crippen LogP contribution in [0.2, 0.25) is 0 Å². The van der Waals surface area contributed by atoms with Gasteiger partial charge in [0.2, 0.25) is 0 Å². The molecular weight excluding hydrogens is 188 g/mol. The van der Waals surface area contributed by atoms with Crippen molar-refractivity contribution in [2.45, 2.75) is 45.8 Å². The second kappa shape index (κ2) is 6.62. The predicted octanol–water partition coefficient (Wildman–Crippen LogP) is 1.39. The first-order valence-corrected chi connectivity index (χ1v) is 4.45. The van der Waals surface area contributed by atoms with Crippen molar-refractivity contribution in [3.8, 4) is 0 Å². The number of rotatable bonds is 3. The van der Waals surface area contributed by atoms with E-state index in [1.807, 2.05) is 13.8 Å². The Hall–Kier alpha value is -0.810. The fraction of sp³-hybridized carbons (Fsp3) is 0.889. The lowest BCUT2D eigenvalue weighted by Crippen LogP contribution is -2.36. The summed E-state index contributed by atoms with van der Waals surface area (Å²) in [7, 11) is 0. The smallest absolute Gasteiger partial charge is 0.450 e. The molecule has 0 aliphatic heterocycles. The average molecular weight is 208 g/mol. The summed E-state index contributed by atoms with van der Waals surface area (Å²) < 4.78 is 0. The molecule has 0 fully saturated rings. The molecule has 0 amide bonds. The van der Waals surface area contributed by atoms with E-state index in [2.05, 4.69) is 0 Å². The highest BCUT2D eigenvalue weighted by Gasteiger charge is 2.27. The molecule has 14 heavy (non-hydrogen) atoms. The van der Waals surface area contributed by atoms with E-state index < -0.39 is 11.8 Å². The number of hydrogen-bond donors (Lipinski definition) is 4. The van der Waals surface area contributed by atoms with Crippen LogP contribution in [0.15, 0.2) is 0 Å². The fourth-order valence-corrected chi connectivity index (χ4v) is 0.824. The lowest BCUT2D eigenvalue weighted by molar-refractivity contribution is -0.0386. The van der Waals surface area contributed by atoms with Crippen LogP contribution in [0.3, 0.4) is 0 Å². The maximum atomic E-state index is 9.43. The number of hydrogen-bond acceptors (Lipinski definition) is 3. The summed E-state index contributed by atoms with van der Waals surface area (Å²) in [6.45, 7) is 7.20. The van der Waals surface area contributed by atoms with Crippen molar-refractivity contribution in [2.75, 3.05) is 0 Å². The molecule has 5 nitrogen and oxygen atoms in total. The molecule has 0 aliphatic rings. The molecule has 0 aromatic heterocycles. The summed E-state index contributed by atoms with van der Waals surface area (Å²) in [5.74, 6) is -0.0579. The molecule has 2 unspecified atom stereocenters. The largest absolute Gasteiger partial charge is 0.503 e. The zero-order valence-corrected chi connectivity index (χ0v) is 9.06. The van der Waals surface area contributed by atoms with E-state index in [4.69, 9.17) is 15.0 Å². The van der Waals surface area contributed by atoms with Gasteiger partial charge in [-0.25, -0.2) is 4.79 Å². The van der Waals surface area contributed by atoms with Crippen LogP contribution in [0, 0.1) is 5.92 Å². The van der Waals surface area contributed by atoms with E-state index in [1.165, 1.54) is 0 Å². The van der Waals surface area contributed by atoms with Gasteiger partial charge in [-0.2, -0.15) is 0 Å². The van der Waals surface area contributed by atoms with Gasteiger partial charge in [-0.15, -0.1) is 0 Å². The van der Waals surface area contributed by atoms with E-state index in [-0.39, 0.29) is 12.0 Å². The Morgan fingerprint density at radius 1 is 1.36 bits per heavy atom. The Balaban J connectivity index is 0. The van der Waals surface area contributed by atoms with Gasteiger partial charge in [0.25, 0.3) is 0 Å². The summed E-state index contributed by atoms with van der Waals surface area (Å²) in [6.07, 6.45) is -1.52. The first kappa shape index (κ1) is 15.7. The molecule has 4 N–H and O–H groups in total. The van der Waals surface area contributed by atoms with E-state index in [1.54, 1.807) is 13.8 Å². The lowest BCUT2D eigenvalue weighted by atomic mass is 9.87. The molecule has 86 valence electrons. The molecule has 0 radical (unpaired) electrons. The van der Waals surface area contributed by atoms with Crippen LogP contribution in [-0.4, -0.2) is 38.3 Å². The van der Waals surface area contributed by atoms with E-state index >= 15 is 0 Å². The second-order valence-corrected chi connectivity index (χ2v) is 3.70. The molecule has 0 saturated heterocycles. The summed E-state index contributed by atoms with van der Waals surface area (Å²) in [5.41, 5.74) is -0.768. The van der Waals surface area contributed by atoms with Crippen molar-refractivity contribution in [1.82, 2.24) is 0 Å². The molecule has 0 aromatic carbocycles. The van der Waals surface area contributed by atoms with Crippen LogP contribution in [0.4, 0.5) is 4.79 Å². The maximum absolute atomic E-state index is 9.43. The summed E-state index contributed by atoms with van der Waals surface area (Å²) >= 11 is 0. The standard InChI is InChI=1S/C8H18O2.CH2O3/c1-5-7(9)6(2)8(3,4)10;2-1(3)4/h6-7,9-10H,5H2,1-4H3;(H2,2,3,4). The lowest BCUT2D eigenvalue weighted by Gasteiger charge is -2.29. The van der Waals surface area contributed by atoms with Crippen LogP contribution in [0.5, 0.6) is 0 Å². The number of aliphatic hydroxyl groups excluding tert-OH is 1. The van der Waals surface area contributed by atoms with Gasteiger partial charge in [-0.1, -0.05) is 13.8 Å². The number of carboxylic acid groups (broad SMARTS) is 2. The first-order valence-electron chi connectivity index (χ1n) is 4.45. The monoisotopic (exact) mass is 208 g/mol. The third-order valence-corrected chi connectivity index (χ3v) is 2.11. The van der Waals surface area contributed by atoms with Crippen molar-refractivity contribution in [1.29, 1.82) is 0 Å². The minimum Gasteiger partial charge on any atom is -0.450 e. The molecule has 2 atom stereocenters. The summed E-state index contributed by atoms with van der Waals surface area (Å²) in [6, 6.07) is 0. The van der Waals surface area contributed by atoms with Crippen molar-refractivity contribution >= 4 is 6.16 Å². The highest BCUT2D eigenvalue weighted by Crippen LogP contribution is 2.20. The van der Waals surface area contributed by atoms with E-state index in [0.717, 1.165) is 0 Å². The van der Waals surface area contributed by atoms with E-state index in [0.29, 0.717) is 6.42 Å². The van der Waals surface area contributed by atoms with Crippen molar-refractivity contribution in [2.24, 2.45) is 5.92 Å². The third-order valence-electron chi connectivity index (χ3n) is 2.11. The Kier molecular flexibility index (Phi) is 7.40. The van der Waals surface area contributed by atoms with E-state index in [9.17, 15) is 10.2 Å². The summed E-state index contributed by atoms with van der Waals surface area (Å²) in [5, 5.41) is 32.7. The van der Waals surface area contributed by atoms with Gasteiger partial charge < -0.3 is 20.4 Å². The topological polar surface area (TPSA) is 98.0 Å². The zero-order chi connectivity index (χ0) is 11.9. The molecule has 0 heterocycles. The first-order chi connectivity index (χ1) is 6.12. The van der Waals surface area contributed by atoms with Crippen LogP contribution >= 0.6 is 0 Å². The van der Waals surface area contributed by atoms with Crippen LogP contribution in [0.25, 0.3) is 0 Å². The Labute approximate surface area is 84.0 Å².